The van der Waals surface area contributed by atoms with Crippen molar-refractivity contribution in [3.63, 3.8) is 0 Å². The number of hydrogen-bond donors (Lipinski definition) is 1. The maximum Gasteiger partial charge on any atom is 0.251 e. The van der Waals surface area contributed by atoms with Gasteiger partial charge in [-0.15, -0.1) is 0 Å². The molecular weight excluding hydrogens is 362 g/mol. The summed E-state index contributed by atoms with van der Waals surface area (Å²) in [5.41, 5.74) is 1.22. The lowest BCUT2D eigenvalue weighted by Crippen LogP contribution is -2.25. The molecule has 1 aromatic heterocycles. The Morgan fingerprint density at radius 3 is 2.50 bits per heavy atom. The fraction of sp³-hybridized carbons (Fsp3) is 0.250. The molecule has 0 bridgehead atoms. The van der Waals surface area contributed by atoms with Crippen LogP contribution in [0.3, 0.4) is 0 Å². The molecule has 8 nitrogen and oxygen atoms in total. The molecule has 1 heterocycles. The number of carbonyl (C=O) groups is 1. The molecule has 0 radical (unpaired) electrons. The van der Waals surface area contributed by atoms with Crippen molar-refractivity contribution in [1.29, 1.82) is 0 Å². The summed E-state index contributed by atoms with van der Waals surface area (Å²) < 4.78 is 21.0. The summed E-state index contributed by atoms with van der Waals surface area (Å²) in [5, 5.41) is 6.80. The molecule has 3 aromatic rings. The lowest BCUT2D eigenvalue weighted by atomic mass is 10.2. The normalized spacial score (nSPS) is 10.4. The summed E-state index contributed by atoms with van der Waals surface area (Å²) in [6.07, 6.45) is 0.404. The average Bonchev–Trinajstić information content (AvgIpc) is 3.21. The van der Waals surface area contributed by atoms with Crippen molar-refractivity contribution in [2.75, 3.05) is 27.9 Å². The molecule has 0 unspecified atom stereocenters. The largest absolute Gasteiger partial charge is 0.496 e. The van der Waals surface area contributed by atoms with Crippen molar-refractivity contribution in [2.24, 2.45) is 0 Å². The molecular formula is C20H21N3O5. The highest BCUT2D eigenvalue weighted by Gasteiger charge is 2.14. The van der Waals surface area contributed by atoms with Crippen LogP contribution in [-0.2, 0) is 6.42 Å². The van der Waals surface area contributed by atoms with E-state index >= 15 is 0 Å². The number of nitrogens with one attached hydrogen (secondary N) is 1. The second-order valence-corrected chi connectivity index (χ2v) is 5.79. The molecule has 0 aliphatic carbocycles. The van der Waals surface area contributed by atoms with E-state index in [1.165, 1.54) is 7.11 Å². The van der Waals surface area contributed by atoms with Crippen LogP contribution in [0.1, 0.15) is 16.2 Å². The fourth-order valence-electron chi connectivity index (χ4n) is 2.66. The molecule has 1 N–H and O–H groups in total. The van der Waals surface area contributed by atoms with E-state index in [2.05, 4.69) is 15.5 Å². The summed E-state index contributed by atoms with van der Waals surface area (Å²) >= 11 is 0. The van der Waals surface area contributed by atoms with Crippen LogP contribution in [0.15, 0.2) is 47.0 Å². The van der Waals surface area contributed by atoms with Gasteiger partial charge in [-0.3, -0.25) is 4.79 Å². The standard InChI is InChI=1S/C20H21N3O5/c1-25-15-7-5-4-6-14(15)19-22-18(28-23-19)10-11-21-20(24)13-8-9-16(26-2)17(12-13)27-3/h4-9,12H,10-11H2,1-3H3,(H,21,24). The van der Waals surface area contributed by atoms with Crippen LogP contribution in [0.25, 0.3) is 11.4 Å². The first-order chi connectivity index (χ1) is 13.7. The zero-order valence-corrected chi connectivity index (χ0v) is 15.9. The van der Waals surface area contributed by atoms with Crippen molar-refractivity contribution in [1.82, 2.24) is 15.5 Å². The van der Waals surface area contributed by atoms with Gasteiger partial charge in [-0.25, -0.2) is 0 Å². The van der Waals surface area contributed by atoms with Crippen molar-refractivity contribution in [3.05, 3.63) is 53.9 Å². The molecule has 0 atom stereocenters. The van der Waals surface area contributed by atoms with E-state index in [4.69, 9.17) is 18.7 Å². The van der Waals surface area contributed by atoms with E-state index < -0.39 is 0 Å². The number of ether oxygens (including phenoxy) is 3. The Morgan fingerprint density at radius 1 is 1.00 bits per heavy atom. The quantitative estimate of drug-likeness (QED) is 0.639. The third-order valence-electron chi connectivity index (χ3n) is 4.09. The molecule has 0 saturated heterocycles. The van der Waals surface area contributed by atoms with Crippen LogP contribution < -0.4 is 19.5 Å². The molecule has 0 fully saturated rings. The van der Waals surface area contributed by atoms with Crippen LogP contribution in [0.5, 0.6) is 17.2 Å². The number of para-hydroxylation sites is 1. The third-order valence-corrected chi connectivity index (χ3v) is 4.09. The Labute approximate surface area is 162 Å². The van der Waals surface area contributed by atoms with Crippen LogP contribution in [0.4, 0.5) is 0 Å². The first kappa shape index (κ1) is 19.2. The Balaban J connectivity index is 1.60. The van der Waals surface area contributed by atoms with Crippen LogP contribution in [0.2, 0.25) is 0 Å². The number of hydrogen-bond acceptors (Lipinski definition) is 7. The number of benzene rings is 2. The molecule has 2 aromatic carbocycles. The van der Waals surface area contributed by atoms with E-state index in [0.29, 0.717) is 47.5 Å². The van der Waals surface area contributed by atoms with E-state index in [1.807, 2.05) is 24.3 Å². The Hall–Kier alpha value is -3.55. The lowest BCUT2D eigenvalue weighted by Gasteiger charge is -2.09. The van der Waals surface area contributed by atoms with E-state index in [1.54, 1.807) is 32.4 Å². The van der Waals surface area contributed by atoms with Gasteiger partial charge in [0.15, 0.2) is 11.5 Å². The van der Waals surface area contributed by atoms with Crippen molar-refractivity contribution >= 4 is 5.91 Å². The summed E-state index contributed by atoms with van der Waals surface area (Å²) in [7, 11) is 4.65. The SMILES string of the molecule is COc1ccc(C(=O)NCCc2nc(-c3ccccc3OC)no2)cc1OC. The molecule has 0 saturated carbocycles. The number of nitrogens with zero attached hydrogens (tertiary/aromatic N) is 2. The molecule has 3 rings (SSSR count). The average molecular weight is 383 g/mol. The van der Waals surface area contributed by atoms with Gasteiger partial charge in [0.05, 0.1) is 26.9 Å². The molecule has 0 aliphatic heterocycles. The number of aromatic nitrogens is 2. The Bertz CT molecular complexity index is 955. The van der Waals surface area contributed by atoms with E-state index in [0.717, 1.165) is 5.56 Å². The first-order valence-corrected chi connectivity index (χ1v) is 8.62. The van der Waals surface area contributed by atoms with Gasteiger partial charge in [-0.2, -0.15) is 4.98 Å². The van der Waals surface area contributed by atoms with Crippen LogP contribution in [0, 0.1) is 0 Å². The summed E-state index contributed by atoms with van der Waals surface area (Å²) in [4.78, 5) is 16.7. The molecule has 0 spiro atoms. The molecule has 1 amide bonds. The fourth-order valence-corrected chi connectivity index (χ4v) is 2.66. The van der Waals surface area contributed by atoms with Gasteiger partial charge in [0.2, 0.25) is 11.7 Å². The topological polar surface area (TPSA) is 95.7 Å². The second kappa shape index (κ2) is 8.90. The summed E-state index contributed by atoms with van der Waals surface area (Å²) in [5.74, 6) is 2.36. The molecule has 28 heavy (non-hydrogen) atoms. The Morgan fingerprint density at radius 2 is 1.75 bits per heavy atom. The highest BCUT2D eigenvalue weighted by Crippen LogP contribution is 2.28. The molecule has 0 aliphatic rings. The van der Waals surface area contributed by atoms with Crippen molar-refractivity contribution in [3.8, 4) is 28.6 Å². The minimum Gasteiger partial charge on any atom is -0.496 e. The summed E-state index contributed by atoms with van der Waals surface area (Å²) in [6, 6.07) is 12.4. The van der Waals surface area contributed by atoms with Crippen molar-refractivity contribution in [2.45, 2.75) is 6.42 Å². The monoisotopic (exact) mass is 383 g/mol. The molecule has 8 heteroatoms. The molecule has 146 valence electrons. The Kier molecular flexibility index (Phi) is 6.11. The number of carbonyl (C=O) groups excluding carboxylic acids is 1. The van der Waals surface area contributed by atoms with E-state index in [9.17, 15) is 4.79 Å². The number of amides is 1. The van der Waals surface area contributed by atoms with Crippen molar-refractivity contribution < 1.29 is 23.5 Å². The van der Waals surface area contributed by atoms with Gasteiger partial charge in [0, 0.05) is 18.5 Å². The predicted octanol–water partition coefficient (Wildman–Crippen LogP) is 2.73. The van der Waals surface area contributed by atoms with Gasteiger partial charge in [-0.1, -0.05) is 17.3 Å². The zero-order chi connectivity index (χ0) is 19.9. The zero-order valence-electron chi connectivity index (χ0n) is 15.9. The predicted molar refractivity (Wildman–Crippen MR) is 102 cm³/mol. The highest BCUT2D eigenvalue weighted by atomic mass is 16.5. The van der Waals surface area contributed by atoms with Gasteiger partial charge < -0.3 is 24.1 Å². The van der Waals surface area contributed by atoms with E-state index in [-0.39, 0.29) is 5.91 Å². The van der Waals surface area contributed by atoms with Gasteiger partial charge in [0.25, 0.3) is 5.91 Å². The van der Waals surface area contributed by atoms with Gasteiger partial charge >= 0.3 is 0 Å². The lowest BCUT2D eigenvalue weighted by molar-refractivity contribution is 0.0953. The smallest absolute Gasteiger partial charge is 0.251 e. The van der Waals surface area contributed by atoms with Gasteiger partial charge in [-0.05, 0) is 30.3 Å². The van der Waals surface area contributed by atoms with Crippen LogP contribution in [-0.4, -0.2) is 43.9 Å². The minimum atomic E-state index is -0.231. The maximum absolute atomic E-state index is 12.3. The number of methoxy groups -OCH3 is 3. The third kappa shape index (κ3) is 4.22. The summed E-state index contributed by atoms with van der Waals surface area (Å²) in [6.45, 7) is 0.348. The minimum absolute atomic E-state index is 0.231. The first-order valence-electron chi connectivity index (χ1n) is 8.62. The second-order valence-electron chi connectivity index (χ2n) is 5.79. The highest BCUT2D eigenvalue weighted by molar-refractivity contribution is 5.94. The number of rotatable bonds is 8. The van der Waals surface area contributed by atoms with Crippen LogP contribution >= 0.6 is 0 Å². The maximum atomic E-state index is 12.3. The van der Waals surface area contributed by atoms with Gasteiger partial charge in [0.1, 0.15) is 5.75 Å².